The summed E-state index contributed by atoms with van der Waals surface area (Å²) >= 11 is 0. The number of hydrogen-bond acceptors (Lipinski definition) is 6. The minimum absolute atomic E-state index is 0.0177. The Hall–Kier alpha value is -4.39. The number of benzene rings is 3. The smallest absolute Gasteiger partial charge is 0.338 e. The van der Waals surface area contributed by atoms with Crippen LogP contribution in [0.25, 0.3) is 5.76 Å². The minimum Gasteiger partial charge on any atom is -0.507 e. The number of ether oxygens (including phenoxy) is 2. The summed E-state index contributed by atoms with van der Waals surface area (Å²) in [5.74, 6) is -1.72. The normalized spacial score (nSPS) is 17.0. The van der Waals surface area contributed by atoms with E-state index in [0.717, 1.165) is 0 Å². The van der Waals surface area contributed by atoms with E-state index < -0.39 is 23.7 Å². The largest absolute Gasteiger partial charge is 0.507 e. The van der Waals surface area contributed by atoms with Crippen molar-refractivity contribution in [3.05, 3.63) is 101 Å². The van der Waals surface area contributed by atoms with E-state index in [4.69, 9.17) is 9.47 Å². The second-order valence-electron chi connectivity index (χ2n) is 7.58. The SMILES string of the molecule is CCOC(=O)c1ccc(N2C(=O)C(=O)/C(=C(/O)c3ccc(OC)cc3)[C@H]2c2ccccc2)cc1. The highest BCUT2D eigenvalue weighted by Gasteiger charge is 2.46. The standard InChI is InChI=1S/C27H23NO6/c1-3-34-27(32)19-9-13-20(14-10-19)28-23(17-7-5-4-6-8-17)22(25(30)26(28)31)24(29)18-11-15-21(33-2)16-12-18/h4-16,23,29H,3H2,1-2H3/b24-22+/t23-/m1/s1. The van der Waals surface area contributed by atoms with Crippen LogP contribution in [0.4, 0.5) is 5.69 Å². The van der Waals surface area contributed by atoms with Gasteiger partial charge in [0.15, 0.2) is 0 Å². The predicted octanol–water partition coefficient (Wildman–Crippen LogP) is 4.50. The zero-order chi connectivity index (χ0) is 24.2. The van der Waals surface area contributed by atoms with Gasteiger partial charge >= 0.3 is 5.97 Å². The van der Waals surface area contributed by atoms with Crippen molar-refractivity contribution in [2.45, 2.75) is 13.0 Å². The molecule has 4 rings (SSSR count). The number of esters is 1. The first-order valence-corrected chi connectivity index (χ1v) is 10.7. The van der Waals surface area contributed by atoms with E-state index in [0.29, 0.717) is 28.1 Å². The molecule has 1 N–H and O–H groups in total. The van der Waals surface area contributed by atoms with Crippen molar-refractivity contribution in [1.29, 1.82) is 0 Å². The van der Waals surface area contributed by atoms with Gasteiger partial charge in [0, 0.05) is 11.3 Å². The number of carbonyl (C=O) groups is 3. The fourth-order valence-corrected chi connectivity index (χ4v) is 3.93. The highest BCUT2D eigenvalue weighted by molar-refractivity contribution is 6.51. The van der Waals surface area contributed by atoms with E-state index in [2.05, 4.69) is 0 Å². The molecule has 7 heteroatoms. The second kappa shape index (κ2) is 9.62. The van der Waals surface area contributed by atoms with Crippen molar-refractivity contribution in [3.63, 3.8) is 0 Å². The molecule has 172 valence electrons. The number of Topliss-reactive ketones (excluding diaryl/α,β-unsaturated/α-hetero) is 1. The Balaban J connectivity index is 1.83. The van der Waals surface area contributed by atoms with Gasteiger partial charge in [-0.2, -0.15) is 0 Å². The Labute approximate surface area is 196 Å². The van der Waals surface area contributed by atoms with Crippen molar-refractivity contribution >= 4 is 29.1 Å². The molecule has 1 atom stereocenters. The monoisotopic (exact) mass is 457 g/mol. The van der Waals surface area contributed by atoms with Gasteiger partial charge in [-0.1, -0.05) is 30.3 Å². The molecule has 1 aliphatic rings. The van der Waals surface area contributed by atoms with Gasteiger partial charge in [-0.05, 0) is 61.0 Å². The molecule has 1 aliphatic heterocycles. The molecule has 1 saturated heterocycles. The van der Waals surface area contributed by atoms with Crippen LogP contribution < -0.4 is 9.64 Å². The fraction of sp³-hybridized carbons (Fsp3) is 0.148. The average molecular weight is 457 g/mol. The number of anilines is 1. The van der Waals surface area contributed by atoms with Gasteiger partial charge in [-0.25, -0.2) is 4.79 Å². The van der Waals surface area contributed by atoms with E-state index in [-0.39, 0.29) is 17.9 Å². The minimum atomic E-state index is -0.850. The van der Waals surface area contributed by atoms with Crippen LogP contribution in [0, 0.1) is 0 Å². The third-order valence-electron chi connectivity index (χ3n) is 5.58. The quantitative estimate of drug-likeness (QED) is 0.254. The summed E-state index contributed by atoms with van der Waals surface area (Å²) in [4.78, 5) is 39.7. The molecular weight excluding hydrogens is 434 g/mol. The van der Waals surface area contributed by atoms with Gasteiger partial charge in [0.05, 0.1) is 30.9 Å². The second-order valence-corrected chi connectivity index (χ2v) is 7.58. The van der Waals surface area contributed by atoms with Gasteiger partial charge in [0.1, 0.15) is 11.5 Å². The first kappa shape index (κ1) is 22.8. The molecular formula is C27H23NO6. The van der Waals surface area contributed by atoms with Crippen molar-refractivity contribution in [3.8, 4) is 5.75 Å². The predicted molar refractivity (Wildman–Crippen MR) is 127 cm³/mol. The van der Waals surface area contributed by atoms with Crippen LogP contribution in [-0.2, 0) is 14.3 Å². The lowest BCUT2D eigenvalue weighted by Gasteiger charge is -2.25. The number of hydrogen-bond donors (Lipinski definition) is 1. The summed E-state index contributed by atoms with van der Waals surface area (Å²) in [5, 5.41) is 11.1. The number of ketones is 1. The van der Waals surface area contributed by atoms with Gasteiger partial charge in [-0.3, -0.25) is 14.5 Å². The molecule has 1 amide bonds. The zero-order valence-corrected chi connectivity index (χ0v) is 18.7. The number of nitrogens with zero attached hydrogens (tertiary/aromatic N) is 1. The van der Waals surface area contributed by atoms with Crippen molar-refractivity contribution < 1.29 is 29.0 Å². The van der Waals surface area contributed by atoms with E-state index >= 15 is 0 Å². The molecule has 7 nitrogen and oxygen atoms in total. The van der Waals surface area contributed by atoms with Crippen molar-refractivity contribution in [2.75, 3.05) is 18.6 Å². The molecule has 0 spiro atoms. The number of amides is 1. The van der Waals surface area contributed by atoms with Crippen LogP contribution in [0.3, 0.4) is 0 Å². The number of carbonyl (C=O) groups excluding carboxylic acids is 3. The molecule has 0 radical (unpaired) electrons. The van der Waals surface area contributed by atoms with E-state index in [1.165, 1.54) is 24.1 Å². The van der Waals surface area contributed by atoms with E-state index in [9.17, 15) is 19.5 Å². The summed E-state index contributed by atoms with van der Waals surface area (Å²) in [6.07, 6.45) is 0. The Bertz CT molecular complexity index is 1250. The zero-order valence-electron chi connectivity index (χ0n) is 18.7. The van der Waals surface area contributed by atoms with E-state index in [1.54, 1.807) is 67.6 Å². The molecule has 0 bridgehead atoms. The molecule has 3 aromatic carbocycles. The molecule has 0 unspecified atom stereocenters. The van der Waals surface area contributed by atoms with Crippen LogP contribution in [0.1, 0.15) is 34.5 Å². The molecule has 0 aliphatic carbocycles. The Kier molecular flexibility index (Phi) is 6.45. The summed E-state index contributed by atoms with van der Waals surface area (Å²) in [6, 6.07) is 21.0. The third kappa shape index (κ3) is 4.15. The summed E-state index contributed by atoms with van der Waals surface area (Å²) in [5.41, 5.74) is 1.77. The lowest BCUT2D eigenvalue weighted by Crippen LogP contribution is -2.29. The molecule has 1 fully saturated rings. The Morgan fingerprint density at radius 2 is 1.53 bits per heavy atom. The lowest BCUT2D eigenvalue weighted by molar-refractivity contribution is -0.132. The first-order valence-electron chi connectivity index (χ1n) is 10.7. The lowest BCUT2D eigenvalue weighted by atomic mass is 9.95. The van der Waals surface area contributed by atoms with Crippen LogP contribution in [-0.4, -0.2) is 36.5 Å². The Morgan fingerprint density at radius 1 is 0.912 bits per heavy atom. The van der Waals surface area contributed by atoms with Gasteiger partial charge < -0.3 is 14.6 Å². The van der Waals surface area contributed by atoms with E-state index in [1.807, 2.05) is 6.07 Å². The highest BCUT2D eigenvalue weighted by Crippen LogP contribution is 2.42. The molecule has 3 aromatic rings. The van der Waals surface area contributed by atoms with Crippen LogP contribution in [0.5, 0.6) is 5.75 Å². The molecule has 0 saturated carbocycles. The number of methoxy groups -OCH3 is 1. The number of aliphatic hydroxyl groups excluding tert-OH is 1. The summed E-state index contributed by atoms with van der Waals surface area (Å²) in [6.45, 7) is 1.96. The average Bonchev–Trinajstić information content (AvgIpc) is 3.14. The fourth-order valence-electron chi connectivity index (χ4n) is 3.93. The number of aliphatic hydroxyl groups is 1. The van der Waals surface area contributed by atoms with Crippen molar-refractivity contribution in [1.82, 2.24) is 0 Å². The van der Waals surface area contributed by atoms with Crippen molar-refractivity contribution in [2.24, 2.45) is 0 Å². The maximum Gasteiger partial charge on any atom is 0.338 e. The third-order valence-corrected chi connectivity index (χ3v) is 5.58. The van der Waals surface area contributed by atoms with Crippen LogP contribution in [0.2, 0.25) is 0 Å². The number of rotatable bonds is 6. The Morgan fingerprint density at radius 3 is 2.12 bits per heavy atom. The highest BCUT2D eigenvalue weighted by atomic mass is 16.5. The maximum absolute atomic E-state index is 13.2. The molecule has 1 heterocycles. The van der Waals surface area contributed by atoms with Crippen LogP contribution in [0.15, 0.2) is 84.4 Å². The van der Waals surface area contributed by atoms with Gasteiger partial charge in [0.2, 0.25) is 0 Å². The molecule has 0 aromatic heterocycles. The summed E-state index contributed by atoms with van der Waals surface area (Å²) in [7, 11) is 1.53. The van der Waals surface area contributed by atoms with Gasteiger partial charge in [-0.15, -0.1) is 0 Å². The maximum atomic E-state index is 13.2. The first-order chi connectivity index (χ1) is 16.5. The molecule has 34 heavy (non-hydrogen) atoms. The van der Waals surface area contributed by atoms with Crippen LogP contribution >= 0.6 is 0 Å². The summed E-state index contributed by atoms with van der Waals surface area (Å²) < 4.78 is 10.2. The van der Waals surface area contributed by atoms with Gasteiger partial charge in [0.25, 0.3) is 11.7 Å². The topological polar surface area (TPSA) is 93.1 Å².